The summed E-state index contributed by atoms with van der Waals surface area (Å²) < 4.78 is 76.9. The van der Waals surface area contributed by atoms with Crippen LogP contribution in [0.1, 0.15) is 18.9 Å². The largest absolute Gasteiger partial charge is 0.417 e. The van der Waals surface area contributed by atoms with Gasteiger partial charge in [0.1, 0.15) is 5.82 Å². The lowest BCUT2D eigenvalue weighted by molar-refractivity contribution is -0.140. The molecule has 9 heteroatoms. The summed E-state index contributed by atoms with van der Waals surface area (Å²) in [6.07, 6.45) is -5.16. The second-order valence-electron chi connectivity index (χ2n) is 4.04. The summed E-state index contributed by atoms with van der Waals surface area (Å²) in [5, 5.41) is 8.47. The van der Waals surface area contributed by atoms with Crippen LogP contribution in [0.2, 0.25) is 0 Å². The number of benzene rings is 1. The van der Waals surface area contributed by atoms with E-state index in [1.54, 1.807) is 6.07 Å². The maximum absolute atomic E-state index is 13.0. The van der Waals surface area contributed by atoms with Crippen LogP contribution in [0.15, 0.2) is 23.1 Å². The predicted molar refractivity (Wildman–Crippen MR) is 66.1 cm³/mol. The molecule has 1 aromatic rings. The molecule has 0 aliphatic carbocycles. The van der Waals surface area contributed by atoms with Gasteiger partial charge in [-0.2, -0.15) is 22.7 Å². The fourth-order valence-corrected chi connectivity index (χ4v) is 3.35. The highest BCUT2D eigenvalue weighted by Crippen LogP contribution is 2.35. The zero-order chi connectivity index (χ0) is 16.3. The molecule has 0 aromatic heterocycles. The molecule has 0 aliphatic rings. The average Bonchev–Trinajstić information content (AvgIpc) is 2.38. The first-order valence-electron chi connectivity index (χ1n) is 5.88. The van der Waals surface area contributed by atoms with Crippen LogP contribution in [-0.2, 0) is 16.2 Å². The summed E-state index contributed by atoms with van der Waals surface area (Å²) in [5.74, 6) is -1.18. The van der Waals surface area contributed by atoms with Crippen LogP contribution in [0.5, 0.6) is 0 Å². The van der Waals surface area contributed by atoms with Crippen molar-refractivity contribution in [1.29, 1.82) is 5.26 Å². The number of halogens is 4. The molecule has 0 saturated carbocycles. The average molecular weight is 324 g/mol. The molecule has 1 aromatic carbocycles. The lowest BCUT2D eigenvalue weighted by Crippen LogP contribution is -2.33. The smallest absolute Gasteiger partial charge is 0.207 e. The maximum atomic E-state index is 13.0. The number of nitriles is 1. The van der Waals surface area contributed by atoms with Crippen LogP contribution in [0.3, 0.4) is 0 Å². The van der Waals surface area contributed by atoms with E-state index in [0.29, 0.717) is 12.1 Å². The number of rotatable bonds is 5. The van der Waals surface area contributed by atoms with E-state index in [-0.39, 0.29) is 25.6 Å². The van der Waals surface area contributed by atoms with Crippen LogP contribution >= 0.6 is 0 Å². The summed E-state index contributed by atoms with van der Waals surface area (Å²) in [5.41, 5.74) is -1.56. The SMILES string of the molecule is CCN(CCC#N)S(=O)(=O)c1ccc(F)cc1C(F)(F)F. The molecule has 0 atom stereocenters. The molecule has 0 spiro atoms. The highest BCUT2D eigenvalue weighted by molar-refractivity contribution is 7.89. The van der Waals surface area contributed by atoms with Gasteiger partial charge in [-0.25, -0.2) is 12.8 Å². The molecule has 116 valence electrons. The molecule has 0 unspecified atom stereocenters. The Morgan fingerprint density at radius 1 is 1.33 bits per heavy atom. The molecule has 0 bridgehead atoms. The van der Waals surface area contributed by atoms with Gasteiger partial charge >= 0.3 is 6.18 Å². The molecular weight excluding hydrogens is 312 g/mol. The molecule has 0 amide bonds. The van der Waals surface area contributed by atoms with E-state index < -0.39 is 32.5 Å². The van der Waals surface area contributed by atoms with Crippen molar-refractivity contribution in [3.63, 3.8) is 0 Å². The van der Waals surface area contributed by atoms with Gasteiger partial charge < -0.3 is 0 Å². The van der Waals surface area contributed by atoms with Crippen molar-refractivity contribution in [2.24, 2.45) is 0 Å². The first-order valence-corrected chi connectivity index (χ1v) is 7.32. The first-order chi connectivity index (χ1) is 9.64. The lowest BCUT2D eigenvalue weighted by Gasteiger charge is -2.21. The third kappa shape index (κ3) is 3.92. The van der Waals surface area contributed by atoms with Crippen molar-refractivity contribution in [3.05, 3.63) is 29.6 Å². The number of alkyl halides is 3. The van der Waals surface area contributed by atoms with E-state index in [9.17, 15) is 26.0 Å². The van der Waals surface area contributed by atoms with Gasteiger partial charge in [0, 0.05) is 19.5 Å². The van der Waals surface area contributed by atoms with Crippen LogP contribution in [0, 0.1) is 17.1 Å². The normalized spacial score (nSPS) is 12.4. The molecule has 0 heterocycles. The van der Waals surface area contributed by atoms with Gasteiger partial charge in [-0.05, 0) is 18.2 Å². The van der Waals surface area contributed by atoms with Gasteiger partial charge in [0.05, 0.1) is 16.5 Å². The van der Waals surface area contributed by atoms with E-state index >= 15 is 0 Å². The molecule has 0 radical (unpaired) electrons. The Morgan fingerprint density at radius 2 is 1.95 bits per heavy atom. The maximum Gasteiger partial charge on any atom is 0.417 e. The Kier molecular flexibility index (Phi) is 5.31. The van der Waals surface area contributed by atoms with Crippen molar-refractivity contribution >= 4 is 10.0 Å². The number of hydrogen-bond acceptors (Lipinski definition) is 3. The van der Waals surface area contributed by atoms with E-state index in [4.69, 9.17) is 5.26 Å². The van der Waals surface area contributed by atoms with E-state index in [1.807, 2.05) is 0 Å². The Bertz CT molecular complexity index is 650. The van der Waals surface area contributed by atoms with E-state index in [0.717, 1.165) is 4.31 Å². The van der Waals surface area contributed by atoms with E-state index in [1.165, 1.54) is 6.92 Å². The van der Waals surface area contributed by atoms with Crippen LogP contribution in [-0.4, -0.2) is 25.8 Å². The Hall–Kier alpha value is -1.66. The van der Waals surface area contributed by atoms with Crippen molar-refractivity contribution in [2.75, 3.05) is 13.1 Å². The lowest BCUT2D eigenvalue weighted by atomic mass is 10.2. The predicted octanol–water partition coefficient (Wildman–Crippen LogP) is 2.77. The molecular formula is C12H12F4N2O2S. The summed E-state index contributed by atoms with van der Waals surface area (Å²) >= 11 is 0. The summed E-state index contributed by atoms with van der Waals surface area (Å²) in [6.45, 7) is 1.11. The zero-order valence-electron chi connectivity index (χ0n) is 11.0. The monoisotopic (exact) mass is 324 g/mol. The molecule has 1 rings (SSSR count). The zero-order valence-corrected chi connectivity index (χ0v) is 11.8. The van der Waals surface area contributed by atoms with Crippen molar-refractivity contribution in [3.8, 4) is 6.07 Å². The second-order valence-corrected chi connectivity index (χ2v) is 5.95. The Morgan fingerprint density at radius 3 is 2.43 bits per heavy atom. The van der Waals surface area contributed by atoms with Crippen molar-refractivity contribution < 1.29 is 26.0 Å². The quantitative estimate of drug-likeness (QED) is 0.783. The fraction of sp³-hybridized carbons (Fsp3) is 0.417. The van der Waals surface area contributed by atoms with Gasteiger partial charge in [0.15, 0.2) is 0 Å². The molecule has 0 aliphatic heterocycles. The molecule has 0 saturated heterocycles. The fourth-order valence-electron chi connectivity index (χ4n) is 1.71. The first kappa shape index (κ1) is 17.4. The minimum Gasteiger partial charge on any atom is -0.207 e. The van der Waals surface area contributed by atoms with Gasteiger partial charge in [0.2, 0.25) is 10.0 Å². The third-order valence-corrected chi connectivity index (χ3v) is 4.72. The van der Waals surface area contributed by atoms with Gasteiger partial charge in [-0.15, -0.1) is 0 Å². The van der Waals surface area contributed by atoms with Gasteiger partial charge in [-0.1, -0.05) is 6.92 Å². The summed E-state index contributed by atoms with van der Waals surface area (Å²) in [6, 6.07) is 3.10. The van der Waals surface area contributed by atoms with Crippen LogP contribution < -0.4 is 0 Å². The Labute approximate surface area is 119 Å². The Balaban J connectivity index is 3.41. The highest BCUT2D eigenvalue weighted by atomic mass is 32.2. The summed E-state index contributed by atoms with van der Waals surface area (Å²) in [4.78, 5) is -1.02. The highest BCUT2D eigenvalue weighted by Gasteiger charge is 2.39. The van der Waals surface area contributed by atoms with Crippen molar-refractivity contribution in [1.82, 2.24) is 4.31 Å². The molecule has 0 N–H and O–H groups in total. The van der Waals surface area contributed by atoms with Gasteiger partial charge in [0.25, 0.3) is 0 Å². The standard InChI is InChI=1S/C12H12F4N2O2S/c1-2-18(7-3-6-17)21(19,20)11-5-4-9(13)8-10(11)12(14,15)16/h4-5,8H,2-3,7H2,1H3. The van der Waals surface area contributed by atoms with Crippen LogP contribution in [0.4, 0.5) is 17.6 Å². The molecule has 0 fully saturated rings. The molecule has 21 heavy (non-hydrogen) atoms. The minimum atomic E-state index is -5.00. The number of nitrogens with zero attached hydrogens (tertiary/aromatic N) is 2. The summed E-state index contributed by atoms with van der Waals surface area (Å²) in [7, 11) is -4.46. The van der Waals surface area contributed by atoms with E-state index in [2.05, 4.69) is 0 Å². The third-order valence-electron chi connectivity index (χ3n) is 2.69. The van der Waals surface area contributed by atoms with Crippen LogP contribution in [0.25, 0.3) is 0 Å². The minimum absolute atomic E-state index is 0.0985. The molecule has 4 nitrogen and oxygen atoms in total. The second kappa shape index (κ2) is 6.41. The van der Waals surface area contributed by atoms with Gasteiger partial charge in [-0.3, -0.25) is 0 Å². The van der Waals surface area contributed by atoms with Crippen molar-refractivity contribution in [2.45, 2.75) is 24.4 Å². The number of sulfonamides is 1. The number of hydrogen-bond donors (Lipinski definition) is 0. The topological polar surface area (TPSA) is 61.2 Å².